The number of aromatic nitrogens is 2. The summed E-state index contributed by atoms with van der Waals surface area (Å²) in [5.74, 6) is 1.03. The number of benzene rings is 1. The molecule has 0 atom stereocenters. The van der Waals surface area contributed by atoms with Crippen molar-refractivity contribution in [2.45, 2.75) is 13.8 Å². The van der Waals surface area contributed by atoms with Gasteiger partial charge in [-0.3, -0.25) is 4.79 Å². The molecule has 9 nitrogen and oxygen atoms in total. The smallest absolute Gasteiger partial charge is 0.409 e. The molecule has 2 aromatic rings. The summed E-state index contributed by atoms with van der Waals surface area (Å²) in [5, 5.41) is 11.3. The number of rotatable bonds is 6. The van der Waals surface area contributed by atoms with Gasteiger partial charge in [-0.05, 0) is 38.1 Å². The van der Waals surface area contributed by atoms with Crippen LogP contribution in [0.3, 0.4) is 0 Å². The largest absolute Gasteiger partial charge is 0.492 e. The van der Waals surface area contributed by atoms with Crippen molar-refractivity contribution in [2.75, 3.05) is 44.7 Å². The van der Waals surface area contributed by atoms with Crippen LogP contribution in [0.15, 0.2) is 36.4 Å². The molecule has 2 heterocycles. The van der Waals surface area contributed by atoms with Crippen molar-refractivity contribution >= 4 is 23.5 Å². The minimum Gasteiger partial charge on any atom is -0.492 e. The summed E-state index contributed by atoms with van der Waals surface area (Å²) in [7, 11) is 0. The summed E-state index contributed by atoms with van der Waals surface area (Å²) < 4.78 is 10.6. The number of nitrogens with one attached hydrogen (secondary N) is 1. The molecule has 1 aliphatic rings. The Labute approximate surface area is 169 Å². The van der Waals surface area contributed by atoms with E-state index >= 15 is 0 Å². The van der Waals surface area contributed by atoms with Crippen LogP contribution in [0.1, 0.15) is 24.3 Å². The average Bonchev–Trinajstić information content (AvgIpc) is 2.76. The van der Waals surface area contributed by atoms with Crippen molar-refractivity contribution in [3.8, 4) is 5.75 Å². The Morgan fingerprint density at radius 1 is 0.966 bits per heavy atom. The van der Waals surface area contributed by atoms with Crippen LogP contribution in [-0.2, 0) is 4.74 Å². The summed E-state index contributed by atoms with van der Waals surface area (Å²) in [6.45, 7) is 6.32. The van der Waals surface area contributed by atoms with E-state index in [2.05, 4.69) is 15.5 Å². The van der Waals surface area contributed by atoms with E-state index < -0.39 is 0 Å². The average molecular weight is 399 g/mol. The van der Waals surface area contributed by atoms with Gasteiger partial charge < -0.3 is 24.6 Å². The highest BCUT2D eigenvalue weighted by atomic mass is 16.6. The van der Waals surface area contributed by atoms with Crippen molar-refractivity contribution in [1.82, 2.24) is 20.0 Å². The maximum atomic E-state index is 12.7. The molecule has 1 aromatic carbocycles. The van der Waals surface area contributed by atoms with Gasteiger partial charge in [-0.25, -0.2) is 4.79 Å². The van der Waals surface area contributed by atoms with Crippen molar-refractivity contribution in [2.24, 2.45) is 0 Å². The zero-order valence-electron chi connectivity index (χ0n) is 16.6. The van der Waals surface area contributed by atoms with Crippen LogP contribution in [0, 0.1) is 0 Å². The minimum absolute atomic E-state index is 0.206. The summed E-state index contributed by atoms with van der Waals surface area (Å²) in [5.41, 5.74) is 1.04. The minimum atomic E-state index is -0.345. The fourth-order valence-electron chi connectivity index (χ4n) is 2.97. The third-order valence-electron chi connectivity index (χ3n) is 4.43. The Balaban J connectivity index is 1.59. The molecule has 29 heavy (non-hydrogen) atoms. The number of piperazine rings is 1. The molecule has 9 heteroatoms. The highest BCUT2D eigenvalue weighted by Gasteiger charge is 2.26. The molecule has 1 fully saturated rings. The SMILES string of the molecule is CCOC(=O)N1CCN(C(=O)c2ccc(Nc3ccccc3OCC)nn2)CC1. The molecule has 0 radical (unpaired) electrons. The highest BCUT2D eigenvalue weighted by Crippen LogP contribution is 2.26. The maximum absolute atomic E-state index is 12.7. The molecule has 1 N–H and O–H groups in total. The normalized spacial score (nSPS) is 13.7. The second kappa shape index (κ2) is 9.72. The van der Waals surface area contributed by atoms with E-state index in [1.165, 1.54) is 0 Å². The molecular formula is C20H25N5O4. The first-order valence-electron chi connectivity index (χ1n) is 9.66. The lowest BCUT2D eigenvalue weighted by atomic mass is 10.2. The monoisotopic (exact) mass is 399 g/mol. The van der Waals surface area contributed by atoms with E-state index in [0.29, 0.717) is 45.2 Å². The molecule has 154 valence electrons. The fourth-order valence-corrected chi connectivity index (χ4v) is 2.97. The molecule has 0 spiro atoms. The van der Waals surface area contributed by atoms with Crippen LogP contribution < -0.4 is 10.1 Å². The lowest BCUT2D eigenvalue weighted by Crippen LogP contribution is -2.50. The van der Waals surface area contributed by atoms with Crippen LogP contribution in [0.25, 0.3) is 0 Å². The van der Waals surface area contributed by atoms with Gasteiger partial charge in [0, 0.05) is 26.2 Å². The number of hydrogen-bond acceptors (Lipinski definition) is 7. The van der Waals surface area contributed by atoms with Gasteiger partial charge in [0.1, 0.15) is 5.75 Å². The van der Waals surface area contributed by atoms with Gasteiger partial charge >= 0.3 is 6.09 Å². The molecular weight excluding hydrogens is 374 g/mol. The van der Waals surface area contributed by atoms with E-state index in [1.54, 1.807) is 28.9 Å². The Kier molecular flexibility index (Phi) is 6.83. The Morgan fingerprint density at radius 2 is 1.69 bits per heavy atom. The van der Waals surface area contributed by atoms with Crippen LogP contribution >= 0.6 is 0 Å². The molecule has 0 aliphatic carbocycles. The molecule has 0 unspecified atom stereocenters. The molecule has 0 saturated carbocycles. The van der Waals surface area contributed by atoms with Crippen LogP contribution in [-0.4, -0.2) is 71.4 Å². The fraction of sp³-hybridized carbons (Fsp3) is 0.400. The number of ether oxygens (including phenoxy) is 2. The first-order chi connectivity index (χ1) is 14.1. The van der Waals surface area contributed by atoms with Crippen LogP contribution in [0.2, 0.25) is 0 Å². The first kappa shape index (κ1) is 20.4. The lowest BCUT2D eigenvalue weighted by Gasteiger charge is -2.33. The van der Waals surface area contributed by atoms with E-state index in [9.17, 15) is 9.59 Å². The van der Waals surface area contributed by atoms with Crippen molar-refractivity contribution in [1.29, 1.82) is 0 Å². The van der Waals surface area contributed by atoms with E-state index in [0.717, 1.165) is 11.4 Å². The summed E-state index contributed by atoms with van der Waals surface area (Å²) in [4.78, 5) is 27.7. The van der Waals surface area contributed by atoms with Crippen LogP contribution in [0.5, 0.6) is 5.75 Å². The molecule has 0 bridgehead atoms. The lowest BCUT2D eigenvalue weighted by molar-refractivity contribution is 0.0565. The summed E-state index contributed by atoms with van der Waals surface area (Å²) in [6.07, 6.45) is -0.345. The molecule has 2 amide bonds. The van der Waals surface area contributed by atoms with E-state index in [-0.39, 0.29) is 17.7 Å². The Morgan fingerprint density at radius 3 is 2.34 bits per heavy atom. The summed E-state index contributed by atoms with van der Waals surface area (Å²) >= 11 is 0. The number of amides is 2. The first-order valence-corrected chi connectivity index (χ1v) is 9.66. The molecule has 1 aliphatic heterocycles. The van der Waals surface area contributed by atoms with Gasteiger partial charge in [-0.1, -0.05) is 12.1 Å². The second-order valence-corrected chi connectivity index (χ2v) is 6.34. The Bertz CT molecular complexity index is 835. The standard InChI is InChI=1S/C20H25N5O4/c1-3-28-17-8-6-5-7-15(17)21-18-10-9-16(22-23-18)19(26)24-11-13-25(14-12-24)20(27)29-4-2/h5-10H,3-4,11-14H2,1-2H3,(H,21,23). The third-order valence-corrected chi connectivity index (χ3v) is 4.43. The van der Waals surface area contributed by atoms with Gasteiger partial charge in [-0.15, -0.1) is 10.2 Å². The molecule has 3 rings (SSSR count). The van der Waals surface area contributed by atoms with Crippen LogP contribution in [0.4, 0.5) is 16.3 Å². The third kappa shape index (κ3) is 5.13. The number of para-hydroxylation sites is 2. The molecule has 1 saturated heterocycles. The maximum Gasteiger partial charge on any atom is 0.409 e. The van der Waals surface area contributed by atoms with E-state index in [4.69, 9.17) is 9.47 Å². The number of hydrogen-bond donors (Lipinski definition) is 1. The van der Waals surface area contributed by atoms with Gasteiger partial charge in [0.05, 0.1) is 18.9 Å². The quantitative estimate of drug-likeness (QED) is 0.797. The van der Waals surface area contributed by atoms with Gasteiger partial charge in [0.15, 0.2) is 11.5 Å². The van der Waals surface area contributed by atoms with E-state index in [1.807, 2.05) is 31.2 Å². The zero-order valence-corrected chi connectivity index (χ0v) is 16.6. The number of carbonyl (C=O) groups excluding carboxylic acids is 2. The van der Waals surface area contributed by atoms with Crippen molar-refractivity contribution in [3.63, 3.8) is 0 Å². The Hall–Kier alpha value is -3.36. The van der Waals surface area contributed by atoms with Gasteiger partial charge in [0.2, 0.25) is 0 Å². The predicted molar refractivity (Wildman–Crippen MR) is 107 cm³/mol. The van der Waals surface area contributed by atoms with Crippen molar-refractivity contribution < 1.29 is 19.1 Å². The van der Waals surface area contributed by atoms with Gasteiger partial charge in [0.25, 0.3) is 5.91 Å². The second-order valence-electron chi connectivity index (χ2n) is 6.34. The summed E-state index contributed by atoms with van der Waals surface area (Å²) in [6, 6.07) is 10.9. The zero-order chi connectivity index (χ0) is 20.6. The van der Waals surface area contributed by atoms with Gasteiger partial charge in [-0.2, -0.15) is 0 Å². The molecule has 1 aromatic heterocycles. The number of anilines is 2. The topological polar surface area (TPSA) is 96.9 Å². The number of carbonyl (C=O) groups is 2. The van der Waals surface area contributed by atoms with Crippen molar-refractivity contribution in [3.05, 3.63) is 42.1 Å². The predicted octanol–water partition coefficient (Wildman–Crippen LogP) is 2.53. The highest BCUT2D eigenvalue weighted by molar-refractivity contribution is 5.92. The number of nitrogens with zero attached hydrogens (tertiary/aromatic N) is 4.